The molecule has 2 bridgehead atoms. The van der Waals surface area contributed by atoms with E-state index in [1.807, 2.05) is 12.1 Å². The number of Topliss-reactive ketones (excluding diaryl/α,β-unsaturated/α-hetero) is 1. The van der Waals surface area contributed by atoms with Gasteiger partial charge in [-0.3, -0.25) is 24.0 Å². The van der Waals surface area contributed by atoms with Gasteiger partial charge in [-0.1, -0.05) is 12.5 Å². The van der Waals surface area contributed by atoms with Gasteiger partial charge in [0.2, 0.25) is 11.8 Å². The number of carbonyl (C=O) groups excluding carboxylic acids is 4. The van der Waals surface area contributed by atoms with Crippen LogP contribution in [0, 0.1) is 17.8 Å². The Morgan fingerprint density at radius 3 is 2.63 bits per heavy atom. The number of ketones is 1. The molecule has 0 saturated carbocycles. The Bertz CT molecular complexity index is 1700. The molecule has 54 heavy (non-hydrogen) atoms. The summed E-state index contributed by atoms with van der Waals surface area (Å²) in [5, 5.41) is 23.8. The molecule has 7 atom stereocenters. The van der Waals surface area contributed by atoms with E-state index in [2.05, 4.69) is 28.6 Å². The Kier molecular flexibility index (Phi) is 11.8. The van der Waals surface area contributed by atoms with Gasteiger partial charge in [-0.05, 0) is 88.7 Å². The van der Waals surface area contributed by atoms with Crippen LogP contribution in [0.5, 0.6) is 11.5 Å². The summed E-state index contributed by atoms with van der Waals surface area (Å²) < 4.78 is 18.7. The van der Waals surface area contributed by atoms with Crippen LogP contribution in [0.3, 0.4) is 0 Å². The van der Waals surface area contributed by atoms with Crippen LogP contribution in [0.1, 0.15) is 68.9 Å². The molecule has 0 aromatic heterocycles. The highest BCUT2D eigenvalue weighted by atomic mass is 16.6. The maximum atomic E-state index is 14.1. The summed E-state index contributed by atoms with van der Waals surface area (Å²) in [7, 11) is 3.77. The Labute approximate surface area is 313 Å². The molecule has 3 aliphatic heterocycles. The highest BCUT2D eigenvalue weighted by Crippen LogP contribution is 2.63. The minimum atomic E-state index is -1.33. The number of carboxylic acids is 2. The molecular weight excluding hydrogens is 702 g/mol. The van der Waals surface area contributed by atoms with Crippen LogP contribution in [0.15, 0.2) is 24.0 Å². The number of benzene rings is 1. The fraction of sp³-hybridized carbons (Fsp3) is 0.632. The van der Waals surface area contributed by atoms with Gasteiger partial charge in [-0.25, -0.2) is 4.79 Å². The van der Waals surface area contributed by atoms with Gasteiger partial charge in [0, 0.05) is 42.4 Å². The number of ether oxygens (including phenoxy) is 3. The Balaban J connectivity index is 1.16. The van der Waals surface area contributed by atoms with Crippen molar-refractivity contribution in [3.63, 3.8) is 0 Å². The quantitative estimate of drug-likeness (QED) is 0.120. The summed E-state index contributed by atoms with van der Waals surface area (Å²) >= 11 is 0. The molecule has 3 heterocycles. The van der Waals surface area contributed by atoms with Gasteiger partial charge < -0.3 is 50.6 Å². The number of allylic oxidation sites excluding steroid dienone is 1. The van der Waals surface area contributed by atoms with Gasteiger partial charge in [0.25, 0.3) is 0 Å². The lowest BCUT2D eigenvalue weighted by Gasteiger charge is -2.56. The van der Waals surface area contributed by atoms with Gasteiger partial charge >= 0.3 is 18.0 Å². The number of nitrogens with two attached hydrogens (primary N) is 1. The number of hydrogen-bond acceptors (Lipinski definition) is 11. The fourth-order valence-electron chi connectivity index (χ4n) is 9.40. The van der Waals surface area contributed by atoms with E-state index in [1.165, 1.54) is 10.5 Å². The van der Waals surface area contributed by atoms with Crippen LogP contribution in [-0.2, 0) is 40.5 Å². The minimum Gasteiger partial charge on any atom is -0.493 e. The summed E-state index contributed by atoms with van der Waals surface area (Å²) in [6.45, 7) is 0.864. The Morgan fingerprint density at radius 1 is 1.11 bits per heavy atom. The number of nitrogens with one attached hydrogen (secondary N) is 2. The number of amides is 3. The number of carboxylic acid groups (broad SMARTS) is 2. The SMILES string of the molecule is COc1ccc2c3c1O[C@H]1C(OC(=O)N4CCC(C(=O)O)CC4CNC(=O)[C@H](CCCCN)CC(=O)CNC(=O)CC(=O)O)=CC[C@H]4[C@@H](C2)N(C)CC[C@]314. The average Bonchev–Trinajstić information content (AvgIpc) is 3.50. The van der Waals surface area contributed by atoms with Crippen molar-refractivity contribution in [2.24, 2.45) is 23.5 Å². The smallest absolute Gasteiger partial charge is 0.415 e. The average molecular weight is 754 g/mol. The number of piperidine rings is 2. The summed E-state index contributed by atoms with van der Waals surface area (Å²) in [4.78, 5) is 78.8. The summed E-state index contributed by atoms with van der Waals surface area (Å²) in [5.41, 5.74) is 7.62. The molecule has 2 fully saturated rings. The number of carbonyl (C=O) groups is 6. The van der Waals surface area contributed by atoms with Crippen molar-refractivity contribution in [2.45, 2.75) is 87.8 Å². The van der Waals surface area contributed by atoms with Crippen molar-refractivity contribution in [1.29, 1.82) is 0 Å². The van der Waals surface area contributed by atoms with Crippen LogP contribution in [0.2, 0.25) is 0 Å². The molecule has 5 aliphatic rings. The normalized spacial score (nSPS) is 27.1. The zero-order valence-electron chi connectivity index (χ0n) is 30.8. The monoisotopic (exact) mass is 753 g/mol. The van der Waals surface area contributed by atoms with Crippen molar-refractivity contribution in [3.8, 4) is 11.5 Å². The minimum absolute atomic E-state index is 0.0698. The predicted molar refractivity (Wildman–Crippen MR) is 192 cm³/mol. The van der Waals surface area contributed by atoms with E-state index < -0.39 is 78.0 Å². The van der Waals surface area contributed by atoms with Crippen LogP contribution in [0.4, 0.5) is 4.79 Å². The zero-order valence-corrected chi connectivity index (χ0v) is 30.8. The number of nitrogens with zero attached hydrogens (tertiary/aromatic N) is 2. The predicted octanol–water partition coefficient (Wildman–Crippen LogP) is 1.57. The molecule has 6 N–H and O–H groups in total. The third-order valence-corrected chi connectivity index (χ3v) is 12.1. The van der Waals surface area contributed by atoms with E-state index in [4.69, 9.17) is 25.1 Å². The van der Waals surface area contributed by atoms with Crippen LogP contribution in [-0.4, -0.2) is 121 Å². The van der Waals surface area contributed by atoms with Crippen molar-refractivity contribution in [3.05, 3.63) is 35.1 Å². The van der Waals surface area contributed by atoms with E-state index >= 15 is 0 Å². The molecule has 1 aromatic carbocycles. The number of methoxy groups -OCH3 is 1. The van der Waals surface area contributed by atoms with E-state index in [0.717, 1.165) is 24.9 Å². The van der Waals surface area contributed by atoms with Crippen LogP contribution in [0.25, 0.3) is 0 Å². The Morgan fingerprint density at radius 2 is 1.91 bits per heavy atom. The molecule has 2 unspecified atom stereocenters. The van der Waals surface area contributed by atoms with E-state index in [1.54, 1.807) is 7.11 Å². The number of likely N-dealkylation sites (tertiary alicyclic amines) is 2. The second-order valence-electron chi connectivity index (χ2n) is 15.2. The standard InChI is InChI=1S/C38H51N5O11/c1-42-14-11-38-26-7-9-29(34(38)54-33-28(52-2)8-6-21(32(33)38)17-27(26)42)53-37(51)43-13-10-23(36(49)50)15-24(43)19-41-35(48)22(5-3-4-12-39)16-25(44)20-40-30(45)18-31(46)47/h6,8-9,22-24,26-27,34H,3-5,7,10-20,39H2,1-2H3,(H,40,45)(H,41,48)(H,46,47)(H,49,50)/t22-,23?,24?,26+,27-,34+,38+/m1/s1. The largest absolute Gasteiger partial charge is 0.493 e. The maximum absolute atomic E-state index is 14.1. The molecule has 294 valence electrons. The first kappa shape index (κ1) is 39.0. The molecule has 2 aliphatic carbocycles. The maximum Gasteiger partial charge on any atom is 0.415 e. The second kappa shape index (κ2) is 16.3. The number of rotatable bonds is 16. The van der Waals surface area contributed by atoms with Gasteiger partial charge in [0.15, 0.2) is 23.4 Å². The fourth-order valence-corrected chi connectivity index (χ4v) is 9.40. The molecule has 16 heteroatoms. The highest BCUT2D eigenvalue weighted by Gasteiger charge is 2.65. The lowest BCUT2D eigenvalue weighted by Crippen LogP contribution is -2.63. The Hall–Kier alpha value is -4.70. The van der Waals surface area contributed by atoms with Crippen LogP contribution < -0.4 is 25.8 Å². The molecule has 1 aromatic rings. The summed E-state index contributed by atoms with van der Waals surface area (Å²) in [5.74, 6) is -3.56. The number of likely N-dealkylation sites (N-methyl/N-ethyl adjacent to an activating group) is 1. The summed E-state index contributed by atoms with van der Waals surface area (Å²) in [6.07, 6.45) is 3.99. The van der Waals surface area contributed by atoms with Crippen molar-refractivity contribution in [2.75, 3.05) is 46.9 Å². The molecule has 1 spiro atoms. The first-order chi connectivity index (χ1) is 25.9. The van der Waals surface area contributed by atoms with Crippen molar-refractivity contribution < 1.29 is 53.2 Å². The van der Waals surface area contributed by atoms with Crippen molar-refractivity contribution >= 4 is 35.6 Å². The first-order valence-corrected chi connectivity index (χ1v) is 18.8. The lowest BCUT2D eigenvalue weighted by molar-refractivity contribution is -0.144. The molecule has 3 amide bonds. The third-order valence-electron chi connectivity index (χ3n) is 12.1. The van der Waals surface area contributed by atoms with Crippen molar-refractivity contribution in [1.82, 2.24) is 20.4 Å². The topological polar surface area (TPSA) is 227 Å². The van der Waals surface area contributed by atoms with Gasteiger partial charge in [-0.15, -0.1) is 0 Å². The number of aliphatic carboxylic acids is 2. The van der Waals surface area contributed by atoms with Gasteiger partial charge in [0.05, 0.1) is 25.6 Å². The molecule has 0 radical (unpaired) electrons. The lowest BCUT2D eigenvalue weighted by atomic mass is 9.53. The van der Waals surface area contributed by atoms with E-state index in [-0.39, 0.29) is 38.3 Å². The third kappa shape index (κ3) is 7.63. The van der Waals surface area contributed by atoms with Crippen LogP contribution >= 0.6 is 0 Å². The zero-order chi connectivity index (χ0) is 38.7. The molecular formula is C38H51N5O11. The number of hydrogen-bond donors (Lipinski definition) is 5. The first-order valence-electron chi connectivity index (χ1n) is 18.8. The number of unbranched alkanes of at least 4 members (excludes halogenated alkanes) is 1. The van der Waals surface area contributed by atoms with Gasteiger partial charge in [0.1, 0.15) is 12.2 Å². The van der Waals surface area contributed by atoms with E-state index in [9.17, 15) is 33.9 Å². The molecule has 16 nitrogen and oxygen atoms in total. The molecule has 6 rings (SSSR count). The highest BCUT2D eigenvalue weighted by molar-refractivity contribution is 5.96. The van der Waals surface area contributed by atoms with Gasteiger partial charge in [-0.2, -0.15) is 0 Å². The summed E-state index contributed by atoms with van der Waals surface area (Å²) in [6, 6.07) is 3.64. The van der Waals surface area contributed by atoms with E-state index in [0.29, 0.717) is 55.5 Å². The second-order valence-corrected chi connectivity index (χ2v) is 15.2. The molecule has 2 saturated heterocycles.